The van der Waals surface area contributed by atoms with Gasteiger partial charge in [-0.1, -0.05) is 79.6 Å². The molecule has 0 aliphatic rings. The number of benzene rings is 3. The van der Waals surface area contributed by atoms with Crippen LogP contribution in [0.2, 0.25) is 0 Å². The third-order valence-electron chi connectivity index (χ3n) is 7.89. The molecule has 0 N–H and O–H groups in total. The van der Waals surface area contributed by atoms with Crippen molar-refractivity contribution in [1.82, 2.24) is 0 Å². The van der Waals surface area contributed by atoms with E-state index in [1.165, 1.54) is 61.6 Å². The highest BCUT2D eigenvalue weighted by Gasteiger charge is 2.15. The Bertz CT molecular complexity index is 1260. The van der Waals surface area contributed by atoms with Crippen molar-refractivity contribution < 1.29 is 14.2 Å². The van der Waals surface area contributed by atoms with E-state index in [-0.39, 0.29) is 0 Å². The number of rotatable bonds is 18. The Labute approximate surface area is 254 Å². The zero-order chi connectivity index (χ0) is 30.3. The zero-order valence-electron chi connectivity index (χ0n) is 27.1. The summed E-state index contributed by atoms with van der Waals surface area (Å²) in [5, 5.41) is 9.52. The first-order valence-electron chi connectivity index (χ1n) is 16.0. The van der Waals surface area contributed by atoms with Gasteiger partial charge in [0.05, 0.1) is 32.2 Å². The molecule has 0 atom stereocenters. The Balaban J connectivity index is 1.75. The largest absolute Gasteiger partial charge is 0.497 e. The molecule has 5 heteroatoms. The normalized spacial score (nSPS) is 11.4. The molecule has 0 spiro atoms. The summed E-state index contributed by atoms with van der Waals surface area (Å²) in [4.78, 5) is 0. The van der Waals surface area contributed by atoms with Crippen molar-refractivity contribution >= 4 is 11.4 Å². The predicted molar refractivity (Wildman–Crippen MR) is 177 cm³/mol. The molecule has 3 aromatic rings. The number of azo groups is 1. The third-order valence-corrected chi connectivity index (χ3v) is 7.89. The van der Waals surface area contributed by atoms with Crippen molar-refractivity contribution in [3.05, 3.63) is 65.2 Å². The van der Waals surface area contributed by atoms with Gasteiger partial charge >= 0.3 is 0 Å². The fraction of sp³-hybridized carbons (Fsp3) is 0.514. The number of aryl methyl sites for hydroxylation is 2. The van der Waals surface area contributed by atoms with E-state index in [0.717, 1.165) is 65.6 Å². The highest BCUT2D eigenvalue weighted by Crippen LogP contribution is 2.39. The van der Waals surface area contributed by atoms with E-state index >= 15 is 0 Å². The van der Waals surface area contributed by atoms with Crippen molar-refractivity contribution in [2.45, 2.75) is 105 Å². The predicted octanol–water partition coefficient (Wildman–Crippen LogP) is 11.6. The van der Waals surface area contributed by atoms with E-state index in [2.05, 4.69) is 65.0 Å². The van der Waals surface area contributed by atoms with Crippen LogP contribution in [0.5, 0.6) is 17.2 Å². The van der Waals surface area contributed by atoms with E-state index in [1.54, 1.807) is 14.2 Å². The van der Waals surface area contributed by atoms with Gasteiger partial charge in [0, 0.05) is 11.6 Å². The molecule has 5 nitrogen and oxygen atoms in total. The highest BCUT2D eigenvalue weighted by molar-refractivity contribution is 5.75. The first kappa shape index (κ1) is 33.2. The summed E-state index contributed by atoms with van der Waals surface area (Å²) in [7, 11) is 3.36. The molecule has 3 rings (SSSR count). The Morgan fingerprint density at radius 1 is 0.667 bits per heavy atom. The molecule has 0 aliphatic carbocycles. The van der Waals surface area contributed by atoms with E-state index in [1.807, 2.05) is 18.2 Å². The highest BCUT2D eigenvalue weighted by atomic mass is 16.5. The summed E-state index contributed by atoms with van der Waals surface area (Å²) >= 11 is 0. The van der Waals surface area contributed by atoms with Gasteiger partial charge in [0.15, 0.2) is 0 Å². The summed E-state index contributed by atoms with van der Waals surface area (Å²) in [5.41, 5.74) is 7.47. The summed E-state index contributed by atoms with van der Waals surface area (Å²) in [6, 6.07) is 16.6. The molecule has 228 valence electrons. The van der Waals surface area contributed by atoms with Crippen LogP contribution in [-0.4, -0.2) is 20.8 Å². The molecule has 42 heavy (non-hydrogen) atoms. The lowest BCUT2D eigenvalue weighted by atomic mass is 9.95. The van der Waals surface area contributed by atoms with E-state index in [4.69, 9.17) is 24.4 Å². The first-order valence-corrected chi connectivity index (χ1v) is 16.0. The van der Waals surface area contributed by atoms with E-state index < -0.39 is 0 Å². The molecule has 0 bridgehead atoms. The fourth-order valence-electron chi connectivity index (χ4n) is 5.33. The second kappa shape index (κ2) is 17.6. The fourth-order valence-corrected chi connectivity index (χ4v) is 5.33. The van der Waals surface area contributed by atoms with Gasteiger partial charge in [0.1, 0.15) is 17.2 Å². The van der Waals surface area contributed by atoms with Crippen LogP contribution < -0.4 is 14.2 Å². The average Bonchev–Trinajstić information content (AvgIpc) is 3.02. The van der Waals surface area contributed by atoms with Crippen LogP contribution in [0.3, 0.4) is 0 Å². The lowest BCUT2D eigenvalue weighted by molar-refractivity contribution is 0.300. The van der Waals surface area contributed by atoms with Crippen molar-refractivity contribution in [2.24, 2.45) is 10.2 Å². The number of methoxy groups -OCH3 is 2. The maximum atomic E-state index is 6.23. The van der Waals surface area contributed by atoms with Crippen molar-refractivity contribution in [1.29, 1.82) is 0 Å². The third kappa shape index (κ3) is 9.34. The lowest BCUT2D eigenvalue weighted by Crippen LogP contribution is -2.01. The zero-order valence-corrected chi connectivity index (χ0v) is 27.1. The smallest absolute Gasteiger partial charge is 0.130 e. The van der Waals surface area contributed by atoms with Crippen LogP contribution in [0.25, 0.3) is 11.1 Å². The average molecular weight is 573 g/mol. The number of ether oxygens (including phenoxy) is 3. The van der Waals surface area contributed by atoms with Crippen molar-refractivity contribution in [3.63, 3.8) is 0 Å². The quantitative estimate of drug-likeness (QED) is 0.112. The Morgan fingerprint density at radius 3 is 1.93 bits per heavy atom. The second-order valence-corrected chi connectivity index (χ2v) is 11.3. The van der Waals surface area contributed by atoms with Gasteiger partial charge in [0.25, 0.3) is 0 Å². The standard InChI is InChI=1S/C37H52N2O3/c1-8-11-12-13-14-15-16-17-22-42-35-21-18-31(25-34(35)27(4)5)38-39-37-28(9-2)23-30(24-29(37)10-3)33-20-19-32(40-6)26-36(33)41-7/h18-21,23-27H,8-17,22H2,1-7H3. The molecular weight excluding hydrogens is 520 g/mol. The van der Waals surface area contributed by atoms with Crippen molar-refractivity contribution in [3.8, 4) is 28.4 Å². The summed E-state index contributed by atoms with van der Waals surface area (Å²) in [5.74, 6) is 2.87. The topological polar surface area (TPSA) is 52.4 Å². The molecule has 0 unspecified atom stereocenters. The summed E-state index contributed by atoms with van der Waals surface area (Å²) < 4.78 is 17.3. The van der Waals surface area contributed by atoms with Crippen LogP contribution in [0.15, 0.2) is 58.8 Å². The first-order chi connectivity index (χ1) is 20.4. The number of nitrogens with zero attached hydrogens (tertiary/aromatic N) is 2. The molecular formula is C37H52N2O3. The Morgan fingerprint density at radius 2 is 1.33 bits per heavy atom. The molecule has 0 saturated heterocycles. The lowest BCUT2D eigenvalue weighted by Gasteiger charge is -2.16. The van der Waals surface area contributed by atoms with Crippen LogP contribution in [0.4, 0.5) is 11.4 Å². The van der Waals surface area contributed by atoms with E-state index in [9.17, 15) is 0 Å². The summed E-state index contributed by atoms with van der Waals surface area (Å²) in [6.45, 7) is 11.8. The maximum absolute atomic E-state index is 6.23. The number of unbranched alkanes of at least 4 members (excludes halogenated alkanes) is 7. The number of hydrogen-bond acceptors (Lipinski definition) is 5. The molecule has 0 aliphatic heterocycles. The van der Waals surface area contributed by atoms with Gasteiger partial charge in [0.2, 0.25) is 0 Å². The van der Waals surface area contributed by atoms with Gasteiger partial charge in [-0.2, -0.15) is 5.11 Å². The molecule has 0 radical (unpaired) electrons. The molecule has 0 heterocycles. The second-order valence-electron chi connectivity index (χ2n) is 11.3. The van der Waals surface area contributed by atoms with E-state index in [0.29, 0.717) is 5.92 Å². The Hall–Kier alpha value is -3.34. The van der Waals surface area contributed by atoms with Crippen LogP contribution in [-0.2, 0) is 12.8 Å². The van der Waals surface area contributed by atoms with Gasteiger partial charge in [-0.25, -0.2) is 0 Å². The minimum atomic E-state index is 0.338. The maximum Gasteiger partial charge on any atom is 0.130 e. The summed E-state index contributed by atoms with van der Waals surface area (Å²) in [6.07, 6.45) is 12.1. The van der Waals surface area contributed by atoms with Gasteiger partial charge in [-0.3, -0.25) is 0 Å². The Kier molecular flexibility index (Phi) is 13.9. The van der Waals surface area contributed by atoms with Crippen LogP contribution in [0.1, 0.15) is 109 Å². The van der Waals surface area contributed by atoms with Gasteiger partial charge < -0.3 is 14.2 Å². The van der Waals surface area contributed by atoms with Crippen molar-refractivity contribution in [2.75, 3.05) is 20.8 Å². The molecule has 0 amide bonds. The number of hydrogen-bond donors (Lipinski definition) is 0. The monoisotopic (exact) mass is 572 g/mol. The molecule has 0 fully saturated rings. The van der Waals surface area contributed by atoms with Gasteiger partial charge in [-0.15, -0.1) is 5.11 Å². The minimum Gasteiger partial charge on any atom is -0.497 e. The SMILES string of the molecule is CCCCCCCCCCOc1ccc(N=Nc2c(CC)cc(-c3ccc(OC)cc3OC)cc2CC)cc1C(C)C. The molecule has 0 saturated carbocycles. The molecule has 3 aromatic carbocycles. The van der Waals surface area contributed by atoms with Gasteiger partial charge in [-0.05, 0) is 89.9 Å². The minimum absolute atomic E-state index is 0.338. The molecule has 0 aromatic heterocycles. The van der Waals surface area contributed by atoms with Crippen LogP contribution in [0, 0.1) is 0 Å². The van der Waals surface area contributed by atoms with Crippen LogP contribution >= 0.6 is 0 Å².